The average molecular weight is 397 g/mol. The third-order valence-corrected chi connectivity index (χ3v) is 5.20. The number of hydrogen-bond donors (Lipinski definition) is 1. The number of hydrogen-bond acceptors (Lipinski definition) is 3. The zero-order chi connectivity index (χ0) is 20.9. The van der Waals surface area contributed by atoms with Crippen molar-refractivity contribution in [2.75, 3.05) is 18.4 Å². The Kier molecular flexibility index (Phi) is 5.70. The third-order valence-electron chi connectivity index (χ3n) is 5.20. The molecule has 0 aliphatic carbocycles. The van der Waals surface area contributed by atoms with Crippen LogP contribution in [-0.4, -0.2) is 34.8 Å². The number of rotatable bonds is 3. The molecule has 5 heteroatoms. The van der Waals surface area contributed by atoms with Gasteiger partial charge >= 0.3 is 6.03 Å². The molecular formula is C25H23N3O2. The fourth-order valence-electron chi connectivity index (χ4n) is 3.57. The smallest absolute Gasteiger partial charge is 0.319 e. The number of nitrogens with zero attached hydrogens (tertiary/aromatic N) is 2. The maximum Gasteiger partial charge on any atom is 0.322 e. The van der Waals surface area contributed by atoms with Gasteiger partial charge in [0.05, 0.1) is 18.2 Å². The lowest BCUT2D eigenvalue weighted by atomic mass is 9.86. The summed E-state index contributed by atoms with van der Waals surface area (Å²) >= 11 is 0. The van der Waals surface area contributed by atoms with Crippen LogP contribution < -0.4 is 5.32 Å². The van der Waals surface area contributed by atoms with Gasteiger partial charge < -0.3 is 10.2 Å². The van der Waals surface area contributed by atoms with Crippen LogP contribution in [0.3, 0.4) is 0 Å². The van der Waals surface area contributed by atoms with E-state index in [1.165, 1.54) is 0 Å². The zero-order valence-corrected chi connectivity index (χ0v) is 16.8. The Hall–Kier alpha value is -3.73. The summed E-state index contributed by atoms with van der Waals surface area (Å²) in [5.41, 5.74) is 4.04. The van der Waals surface area contributed by atoms with Gasteiger partial charge in [-0.3, -0.25) is 9.78 Å². The number of carbonyl (C=O) groups is 2. The molecule has 1 aromatic heterocycles. The van der Waals surface area contributed by atoms with Gasteiger partial charge in [-0.2, -0.15) is 0 Å². The van der Waals surface area contributed by atoms with Crippen molar-refractivity contribution in [2.45, 2.75) is 12.8 Å². The monoisotopic (exact) mass is 397 g/mol. The van der Waals surface area contributed by atoms with E-state index in [0.29, 0.717) is 17.8 Å². The molecule has 1 fully saturated rings. The Balaban J connectivity index is 1.63. The predicted molar refractivity (Wildman–Crippen MR) is 118 cm³/mol. The van der Waals surface area contributed by atoms with Gasteiger partial charge in [0.1, 0.15) is 0 Å². The number of carbonyl (C=O) groups excluding carboxylic acids is 2. The molecule has 2 aromatic carbocycles. The van der Waals surface area contributed by atoms with Crippen molar-refractivity contribution >= 4 is 23.6 Å². The summed E-state index contributed by atoms with van der Waals surface area (Å²) < 4.78 is 0. The number of Topliss-reactive ketones (excluding diaryl/α,β-unsaturated/α-hetero) is 1. The normalized spacial score (nSPS) is 17.8. The maximum atomic E-state index is 13.2. The van der Waals surface area contributed by atoms with E-state index in [1.54, 1.807) is 17.2 Å². The Labute approximate surface area is 176 Å². The van der Waals surface area contributed by atoms with Gasteiger partial charge in [-0.15, -0.1) is 0 Å². The second kappa shape index (κ2) is 8.74. The first-order valence-corrected chi connectivity index (χ1v) is 9.93. The number of aryl methyl sites for hydroxylation is 1. The SMILES string of the molecule is Cc1ccc(NC(=O)N2C/C(=C/c3ccccn3)C(=O)C(c3ccccc3)C2)cc1. The van der Waals surface area contributed by atoms with E-state index in [2.05, 4.69) is 10.3 Å². The van der Waals surface area contributed by atoms with Gasteiger partial charge in [-0.1, -0.05) is 54.1 Å². The molecule has 5 nitrogen and oxygen atoms in total. The summed E-state index contributed by atoms with van der Waals surface area (Å²) in [6.07, 6.45) is 3.47. The molecule has 0 spiro atoms. The van der Waals surface area contributed by atoms with Crippen molar-refractivity contribution in [1.29, 1.82) is 0 Å². The van der Waals surface area contributed by atoms with Crippen LogP contribution in [0.25, 0.3) is 6.08 Å². The summed E-state index contributed by atoms with van der Waals surface area (Å²) in [6.45, 7) is 2.58. The molecule has 4 rings (SSSR count). The number of nitrogens with one attached hydrogen (secondary N) is 1. The predicted octanol–water partition coefficient (Wildman–Crippen LogP) is 4.67. The lowest BCUT2D eigenvalue weighted by Gasteiger charge is -2.33. The highest BCUT2D eigenvalue weighted by Gasteiger charge is 2.34. The Morgan fingerprint density at radius 2 is 1.77 bits per heavy atom. The van der Waals surface area contributed by atoms with Crippen LogP contribution in [0.2, 0.25) is 0 Å². The van der Waals surface area contributed by atoms with Crippen molar-refractivity contribution in [1.82, 2.24) is 9.88 Å². The van der Waals surface area contributed by atoms with Crippen LogP contribution in [0.15, 0.2) is 84.6 Å². The molecule has 150 valence electrons. The van der Waals surface area contributed by atoms with E-state index < -0.39 is 5.92 Å². The number of piperidine rings is 1. The van der Waals surface area contributed by atoms with Crippen molar-refractivity contribution in [2.24, 2.45) is 0 Å². The number of urea groups is 1. The molecule has 1 unspecified atom stereocenters. The molecule has 30 heavy (non-hydrogen) atoms. The summed E-state index contributed by atoms with van der Waals surface area (Å²) in [5, 5.41) is 2.94. The largest absolute Gasteiger partial charge is 0.322 e. The van der Waals surface area contributed by atoms with Gasteiger partial charge in [-0.25, -0.2) is 4.79 Å². The minimum Gasteiger partial charge on any atom is -0.319 e. The first-order valence-electron chi connectivity index (χ1n) is 9.93. The van der Waals surface area contributed by atoms with Crippen LogP contribution in [0.4, 0.5) is 10.5 Å². The summed E-state index contributed by atoms with van der Waals surface area (Å²) in [7, 11) is 0. The molecule has 1 atom stereocenters. The van der Waals surface area contributed by atoms with Crippen molar-refractivity contribution in [3.8, 4) is 0 Å². The number of aromatic nitrogens is 1. The van der Waals surface area contributed by atoms with Crippen LogP contribution in [-0.2, 0) is 4.79 Å². The highest BCUT2D eigenvalue weighted by Crippen LogP contribution is 2.28. The fourth-order valence-corrected chi connectivity index (χ4v) is 3.57. The van der Waals surface area contributed by atoms with Crippen LogP contribution in [0, 0.1) is 6.92 Å². The van der Waals surface area contributed by atoms with Gasteiger partial charge in [0.15, 0.2) is 5.78 Å². The molecule has 1 N–H and O–H groups in total. The molecule has 1 saturated heterocycles. The van der Waals surface area contributed by atoms with Crippen molar-refractivity contribution in [3.05, 3.63) is 101 Å². The number of likely N-dealkylation sites (tertiary alicyclic amines) is 1. The summed E-state index contributed by atoms with van der Waals surface area (Å²) in [4.78, 5) is 32.2. The standard InChI is InChI=1S/C25H23N3O2/c1-18-10-12-21(13-11-18)27-25(30)28-16-20(15-22-9-5-6-14-26-22)24(29)23(17-28)19-7-3-2-4-8-19/h2-15,23H,16-17H2,1H3,(H,27,30)/b20-15-. The number of anilines is 1. The number of pyridine rings is 1. The zero-order valence-electron chi connectivity index (χ0n) is 16.8. The first kappa shape index (κ1) is 19.6. The lowest BCUT2D eigenvalue weighted by molar-refractivity contribution is -0.118. The Morgan fingerprint density at radius 1 is 1.03 bits per heavy atom. The van der Waals surface area contributed by atoms with E-state index in [-0.39, 0.29) is 18.4 Å². The number of benzene rings is 2. The maximum absolute atomic E-state index is 13.2. The fraction of sp³-hybridized carbons (Fsp3) is 0.160. The quantitative estimate of drug-likeness (QED) is 0.653. The Bertz CT molecular complexity index is 1060. The topological polar surface area (TPSA) is 62.3 Å². The minimum absolute atomic E-state index is 0.0336. The van der Waals surface area contributed by atoms with Gasteiger partial charge in [0, 0.05) is 24.0 Å². The van der Waals surface area contributed by atoms with Crippen LogP contribution >= 0.6 is 0 Å². The number of amides is 2. The summed E-state index contributed by atoms with van der Waals surface area (Å²) in [5.74, 6) is -0.370. The number of ketones is 1. The molecule has 3 aromatic rings. The van der Waals surface area contributed by atoms with Crippen LogP contribution in [0.5, 0.6) is 0 Å². The molecular weight excluding hydrogens is 374 g/mol. The molecule has 0 radical (unpaired) electrons. The van der Waals surface area contributed by atoms with Crippen LogP contribution in [0.1, 0.15) is 22.7 Å². The molecule has 2 heterocycles. The van der Waals surface area contributed by atoms with Crippen molar-refractivity contribution in [3.63, 3.8) is 0 Å². The second-order valence-corrected chi connectivity index (χ2v) is 7.43. The second-order valence-electron chi connectivity index (χ2n) is 7.43. The minimum atomic E-state index is -0.404. The average Bonchev–Trinajstić information content (AvgIpc) is 2.78. The van der Waals surface area contributed by atoms with Gasteiger partial charge in [0.25, 0.3) is 0 Å². The van der Waals surface area contributed by atoms with E-state index in [9.17, 15) is 9.59 Å². The highest BCUT2D eigenvalue weighted by atomic mass is 16.2. The molecule has 0 saturated carbocycles. The van der Waals surface area contributed by atoms with E-state index in [1.807, 2.05) is 79.7 Å². The Morgan fingerprint density at radius 3 is 2.47 bits per heavy atom. The third kappa shape index (κ3) is 4.46. The molecule has 1 aliphatic heterocycles. The van der Waals surface area contributed by atoms with E-state index in [4.69, 9.17) is 0 Å². The van der Waals surface area contributed by atoms with Gasteiger partial charge in [0.2, 0.25) is 0 Å². The molecule has 1 aliphatic rings. The molecule has 2 amide bonds. The lowest BCUT2D eigenvalue weighted by Crippen LogP contribution is -2.46. The van der Waals surface area contributed by atoms with E-state index >= 15 is 0 Å². The highest BCUT2D eigenvalue weighted by molar-refractivity contribution is 6.06. The van der Waals surface area contributed by atoms with Crippen molar-refractivity contribution < 1.29 is 9.59 Å². The first-order chi connectivity index (χ1) is 14.6. The van der Waals surface area contributed by atoms with E-state index in [0.717, 1.165) is 16.8 Å². The van der Waals surface area contributed by atoms with Gasteiger partial charge in [-0.05, 0) is 42.8 Å². The summed E-state index contributed by atoms with van der Waals surface area (Å²) in [6, 6.07) is 22.6. The molecule has 0 bridgehead atoms.